The van der Waals surface area contributed by atoms with Crippen LogP contribution in [0.3, 0.4) is 0 Å². The first-order chi connectivity index (χ1) is 7.10. The maximum atomic E-state index is 5.95. The first kappa shape index (κ1) is 11.7. The highest BCUT2D eigenvalue weighted by Crippen LogP contribution is 2.27. The Kier molecular flexibility index (Phi) is 3.83. The van der Waals surface area contributed by atoms with Crippen molar-refractivity contribution in [1.82, 2.24) is 4.98 Å². The van der Waals surface area contributed by atoms with Gasteiger partial charge in [-0.05, 0) is 19.8 Å². The second-order valence-corrected chi connectivity index (χ2v) is 3.90. The smallest absolute Gasteiger partial charge is 0.110 e. The molecule has 0 aliphatic heterocycles. The molecule has 0 saturated heterocycles. The minimum atomic E-state index is 0.673. The summed E-state index contributed by atoms with van der Waals surface area (Å²) in [7, 11) is 0. The van der Waals surface area contributed by atoms with E-state index < -0.39 is 0 Å². The van der Waals surface area contributed by atoms with Crippen LogP contribution in [0.2, 0.25) is 0 Å². The van der Waals surface area contributed by atoms with E-state index in [2.05, 4.69) is 24.9 Å². The van der Waals surface area contributed by atoms with Crippen molar-refractivity contribution in [3.63, 3.8) is 0 Å². The molecule has 15 heavy (non-hydrogen) atoms. The lowest BCUT2D eigenvalue weighted by atomic mass is 10.0. The van der Waals surface area contributed by atoms with Gasteiger partial charge < -0.3 is 16.5 Å². The SMILES string of the molecule is CCC/C(=C\c1c(N)[nH]c(C)c1N)CC. The summed E-state index contributed by atoms with van der Waals surface area (Å²) in [5.41, 5.74) is 15.9. The van der Waals surface area contributed by atoms with Gasteiger partial charge in [-0.25, -0.2) is 0 Å². The van der Waals surface area contributed by atoms with Gasteiger partial charge in [0.1, 0.15) is 5.82 Å². The van der Waals surface area contributed by atoms with Crippen LogP contribution in [0.5, 0.6) is 0 Å². The zero-order chi connectivity index (χ0) is 11.4. The van der Waals surface area contributed by atoms with E-state index in [1.807, 2.05) is 6.92 Å². The van der Waals surface area contributed by atoms with E-state index in [1.165, 1.54) is 5.57 Å². The lowest BCUT2D eigenvalue weighted by Gasteiger charge is -2.03. The Morgan fingerprint density at radius 2 is 2.00 bits per heavy atom. The van der Waals surface area contributed by atoms with Crippen LogP contribution in [0, 0.1) is 6.92 Å². The molecule has 0 radical (unpaired) electrons. The molecule has 1 aromatic rings. The molecule has 0 aromatic carbocycles. The lowest BCUT2D eigenvalue weighted by molar-refractivity contribution is 0.866. The number of H-pyrrole nitrogens is 1. The van der Waals surface area contributed by atoms with E-state index in [1.54, 1.807) is 0 Å². The van der Waals surface area contributed by atoms with Gasteiger partial charge in [-0.2, -0.15) is 0 Å². The van der Waals surface area contributed by atoms with Crippen LogP contribution in [0.25, 0.3) is 6.08 Å². The fourth-order valence-corrected chi connectivity index (χ4v) is 1.72. The van der Waals surface area contributed by atoms with Crippen LogP contribution in [0.1, 0.15) is 44.4 Å². The summed E-state index contributed by atoms with van der Waals surface area (Å²) in [6.45, 7) is 6.28. The third kappa shape index (κ3) is 2.55. The van der Waals surface area contributed by atoms with Gasteiger partial charge in [0.15, 0.2) is 0 Å². The highest BCUT2D eigenvalue weighted by Gasteiger charge is 2.08. The quantitative estimate of drug-likeness (QED) is 0.710. The molecule has 1 heterocycles. The fourth-order valence-electron chi connectivity index (χ4n) is 1.72. The average Bonchev–Trinajstić information content (AvgIpc) is 2.44. The minimum absolute atomic E-state index is 0.673. The monoisotopic (exact) mass is 207 g/mol. The summed E-state index contributed by atoms with van der Waals surface area (Å²) < 4.78 is 0. The molecular weight excluding hydrogens is 186 g/mol. The molecule has 3 nitrogen and oxygen atoms in total. The van der Waals surface area contributed by atoms with Crippen molar-refractivity contribution in [3.05, 3.63) is 16.8 Å². The summed E-state index contributed by atoms with van der Waals surface area (Å²) in [6, 6.07) is 0. The molecule has 0 aliphatic rings. The number of aryl methyl sites for hydroxylation is 1. The van der Waals surface area contributed by atoms with Gasteiger partial charge in [0, 0.05) is 11.3 Å². The Labute approximate surface area is 91.6 Å². The van der Waals surface area contributed by atoms with Crippen LogP contribution >= 0.6 is 0 Å². The number of aromatic amines is 1. The van der Waals surface area contributed by atoms with Crippen molar-refractivity contribution in [2.45, 2.75) is 40.0 Å². The molecule has 0 fully saturated rings. The molecule has 1 rings (SSSR count). The van der Waals surface area contributed by atoms with Gasteiger partial charge in [0.05, 0.1) is 5.69 Å². The molecule has 0 bridgehead atoms. The number of hydrogen-bond acceptors (Lipinski definition) is 2. The summed E-state index contributed by atoms with van der Waals surface area (Å²) in [5, 5.41) is 0. The molecule has 0 unspecified atom stereocenters. The fraction of sp³-hybridized carbons (Fsp3) is 0.500. The van der Waals surface area contributed by atoms with Crippen molar-refractivity contribution in [1.29, 1.82) is 0 Å². The normalized spacial score (nSPS) is 12.1. The lowest BCUT2D eigenvalue weighted by Crippen LogP contribution is -1.91. The Balaban J connectivity index is 3.04. The van der Waals surface area contributed by atoms with Crippen LogP contribution in [-0.2, 0) is 0 Å². The third-order valence-electron chi connectivity index (χ3n) is 2.68. The Hall–Kier alpha value is -1.38. The van der Waals surface area contributed by atoms with Gasteiger partial charge in [-0.1, -0.05) is 31.9 Å². The molecular formula is C12H21N3. The van der Waals surface area contributed by atoms with Gasteiger partial charge >= 0.3 is 0 Å². The number of anilines is 2. The molecule has 0 amide bonds. The van der Waals surface area contributed by atoms with E-state index in [9.17, 15) is 0 Å². The number of rotatable bonds is 4. The Morgan fingerprint density at radius 3 is 2.40 bits per heavy atom. The first-order valence-electron chi connectivity index (χ1n) is 5.53. The van der Waals surface area contributed by atoms with E-state index in [4.69, 9.17) is 11.5 Å². The van der Waals surface area contributed by atoms with Gasteiger partial charge in [-0.3, -0.25) is 0 Å². The van der Waals surface area contributed by atoms with Crippen molar-refractivity contribution in [3.8, 4) is 0 Å². The summed E-state index contributed by atoms with van der Waals surface area (Å²) >= 11 is 0. The number of nitrogens with two attached hydrogens (primary N) is 2. The number of allylic oxidation sites excluding steroid dienone is 1. The van der Waals surface area contributed by atoms with Crippen LogP contribution in [0.15, 0.2) is 5.57 Å². The van der Waals surface area contributed by atoms with Gasteiger partial charge in [0.25, 0.3) is 0 Å². The topological polar surface area (TPSA) is 67.8 Å². The largest absolute Gasteiger partial charge is 0.397 e. The average molecular weight is 207 g/mol. The maximum Gasteiger partial charge on any atom is 0.110 e. The first-order valence-corrected chi connectivity index (χ1v) is 5.53. The zero-order valence-corrected chi connectivity index (χ0v) is 9.85. The zero-order valence-electron chi connectivity index (χ0n) is 9.85. The highest BCUT2D eigenvalue weighted by molar-refractivity contribution is 5.77. The van der Waals surface area contributed by atoms with Crippen molar-refractivity contribution >= 4 is 17.6 Å². The Morgan fingerprint density at radius 1 is 1.33 bits per heavy atom. The summed E-state index contributed by atoms with van der Waals surface area (Å²) in [6.07, 6.45) is 5.44. The molecule has 0 saturated carbocycles. The number of nitrogen functional groups attached to an aromatic ring is 2. The molecule has 1 aromatic heterocycles. The summed E-state index contributed by atoms with van der Waals surface area (Å²) in [4.78, 5) is 3.06. The molecule has 84 valence electrons. The molecule has 3 heteroatoms. The number of hydrogen-bond donors (Lipinski definition) is 3. The van der Waals surface area contributed by atoms with E-state index in [0.717, 1.165) is 36.2 Å². The summed E-state index contributed by atoms with van der Waals surface area (Å²) in [5.74, 6) is 0.673. The van der Waals surface area contributed by atoms with Crippen molar-refractivity contribution in [2.24, 2.45) is 0 Å². The van der Waals surface area contributed by atoms with Gasteiger partial charge in [0.2, 0.25) is 0 Å². The Bertz CT molecular complexity index is 361. The predicted octanol–water partition coefficient (Wildman–Crippen LogP) is 3.08. The number of aromatic nitrogens is 1. The van der Waals surface area contributed by atoms with Crippen LogP contribution < -0.4 is 11.5 Å². The molecule has 0 spiro atoms. The second kappa shape index (κ2) is 4.91. The van der Waals surface area contributed by atoms with Crippen LogP contribution in [-0.4, -0.2) is 4.98 Å². The van der Waals surface area contributed by atoms with E-state index in [0.29, 0.717) is 5.82 Å². The molecule has 0 aliphatic carbocycles. The van der Waals surface area contributed by atoms with Gasteiger partial charge in [-0.15, -0.1) is 0 Å². The molecule has 5 N–H and O–H groups in total. The van der Waals surface area contributed by atoms with E-state index >= 15 is 0 Å². The maximum absolute atomic E-state index is 5.95. The minimum Gasteiger partial charge on any atom is -0.397 e. The second-order valence-electron chi connectivity index (χ2n) is 3.90. The highest BCUT2D eigenvalue weighted by atomic mass is 14.9. The van der Waals surface area contributed by atoms with E-state index in [-0.39, 0.29) is 0 Å². The number of nitrogens with one attached hydrogen (secondary N) is 1. The van der Waals surface area contributed by atoms with Crippen molar-refractivity contribution in [2.75, 3.05) is 11.5 Å². The van der Waals surface area contributed by atoms with Crippen molar-refractivity contribution < 1.29 is 0 Å². The standard InChI is InChI=1S/C12H21N3/c1-4-6-9(5-2)7-10-11(13)8(3)15-12(10)14/h7,15H,4-6,13-14H2,1-3H3/b9-7-. The predicted molar refractivity (Wildman–Crippen MR) is 67.5 cm³/mol. The molecule has 0 atom stereocenters. The third-order valence-corrected chi connectivity index (χ3v) is 2.68. The van der Waals surface area contributed by atoms with Crippen LogP contribution in [0.4, 0.5) is 11.5 Å².